The highest BCUT2D eigenvalue weighted by Crippen LogP contribution is 2.28. The third-order valence-electron chi connectivity index (χ3n) is 4.29. The fourth-order valence-electron chi connectivity index (χ4n) is 2.68. The van der Waals surface area contributed by atoms with Crippen molar-refractivity contribution in [3.63, 3.8) is 0 Å². The molecule has 2 aliphatic rings. The fraction of sp³-hybridized carbons (Fsp3) is 0.667. The molecule has 1 aromatic rings. The molecule has 3 unspecified atom stereocenters. The van der Waals surface area contributed by atoms with Crippen LogP contribution in [0.25, 0.3) is 0 Å². The molecule has 2 fully saturated rings. The summed E-state index contributed by atoms with van der Waals surface area (Å²) in [6.45, 7) is 3.56. The van der Waals surface area contributed by atoms with E-state index in [0.717, 1.165) is 12.4 Å². The maximum atomic E-state index is 11.5. The average molecular weight is 342 g/mol. The second-order valence-corrected chi connectivity index (χ2v) is 9.62. The van der Waals surface area contributed by atoms with Crippen molar-refractivity contribution in [2.75, 3.05) is 18.1 Å². The molecule has 0 aromatic carbocycles. The van der Waals surface area contributed by atoms with Crippen LogP contribution in [0.3, 0.4) is 0 Å². The predicted molar refractivity (Wildman–Crippen MR) is 90.9 cm³/mol. The Morgan fingerprint density at radius 3 is 2.91 bits per heavy atom. The Balaban J connectivity index is 1.55. The largest absolute Gasteiger partial charge is 0.356 e. The van der Waals surface area contributed by atoms with Crippen LogP contribution in [-0.4, -0.2) is 38.5 Å². The lowest BCUT2D eigenvalue weighted by Crippen LogP contribution is -2.41. The molecule has 2 N–H and O–H groups in total. The van der Waals surface area contributed by atoms with E-state index in [4.69, 9.17) is 0 Å². The average Bonchev–Trinajstić information content (AvgIpc) is 2.89. The van der Waals surface area contributed by atoms with E-state index in [-0.39, 0.29) is 5.92 Å². The van der Waals surface area contributed by atoms with Crippen LogP contribution < -0.4 is 10.6 Å². The summed E-state index contributed by atoms with van der Waals surface area (Å²) >= 11 is 1.70. The standard InChI is InChI=1S/C15H23N3O2S2/c1-11-7-14(11)18-15(17-9-13-3-2-5-21-13)16-8-12-4-6-22(19,20)10-12/h2-3,5,11-12,14H,4,6-10H2,1H3,(H2,16,17,18). The van der Waals surface area contributed by atoms with E-state index in [2.05, 4.69) is 34.0 Å². The summed E-state index contributed by atoms with van der Waals surface area (Å²) in [4.78, 5) is 5.86. The number of aliphatic imine (C=N–C) groups is 1. The molecule has 5 nitrogen and oxygen atoms in total. The SMILES string of the molecule is CC1CC1NC(=NCc1cccs1)NCC1CCS(=O)(=O)C1. The quantitative estimate of drug-likeness (QED) is 0.631. The third-order valence-corrected chi connectivity index (χ3v) is 6.99. The summed E-state index contributed by atoms with van der Waals surface area (Å²) in [6, 6.07) is 4.61. The number of thiophene rings is 1. The molecule has 1 aliphatic heterocycles. The van der Waals surface area contributed by atoms with E-state index in [9.17, 15) is 8.42 Å². The van der Waals surface area contributed by atoms with Gasteiger partial charge in [-0.1, -0.05) is 13.0 Å². The third kappa shape index (κ3) is 4.46. The first kappa shape index (κ1) is 15.8. The van der Waals surface area contributed by atoms with Crippen LogP contribution in [0.1, 0.15) is 24.6 Å². The Labute approximate surface area is 136 Å². The van der Waals surface area contributed by atoms with E-state index < -0.39 is 9.84 Å². The highest BCUT2D eigenvalue weighted by Gasteiger charge is 2.33. The Morgan fingerprint density at radius 1 is 1.50 bits per heavy atom. The second kappa shape index (κ2) is 6.58. The monoisotopic (exact) mass is 341 g/mol. The molecule has 1 aromatic heterocycles. The van der Waals surface area contributed by atoms with Gasteiger partial charge in [-0.25, -0.2) is 13.4 Å². The Kier molecular flexibility index (Phi) is 4.73. The van der Waals surface area contributed by atoms with E-state index in [0.29, 0.717) is 36.6 Å². The highest BCUT2D eigenvalue weighted by atomic mass is 32.2. The van der Waals surface area contributed by atoms with Gasteiger partial charge in [0.25, 0.3) is 0 Å². The predicted octanol–water partition coefficient (Wildman–Crippen LogP) is 1.63. The summed E-state index contributed by atoms with van der Waals surface area (Å²) in [7, 11) is -2.81. The molecule has 2 heterocycles. The first-order chi connectivity index (χ1) is 10.5. The number of hydrogen-bond donors (Lipinski definition) is 2. The minimum absolute atomic E-state index is 0.204. The van der Waals surface area contributed by atoms with Crippen molar-refractivity contribution >= 4 is 27.1 Å². The summed E-state index contributed by atoms with van der Waals surface area (Å²) in [5.74, 6) is 2.34. The molecule has 3 atom stereocenters. The first-order valence-electron chi connectivity index (χ1n) is 7.79. The van der Waals surface area contributed by atoms with Gasteiger partial charge in [0.05, 0.1) is 18.1 Å². The van der Waals surface area contributed by atoms with Gasteiger partial charge < -0.3 is 10.6 Å². The second-order valence-electron chi connectivity index (χ2n) is 6.36. The van der Waals surface area contributed by atoms with Crippen LogP contribution >= 0.6 is 11.3 Å². The van der Waals surface area contributed by atoms with Crippen molar-refractivity contribution in [2.24, 2.45) is 16.8 Å². The van der Waals surface area contributed by atoms with E-state index in [1.807, 2.05) is 6.07 Å². The zero-order valence-electron chi connectivity index (χ0n) is 12.8. The van der Waals surface area contributed by atoms with Crippen molar-refractivity contribution < 1.29 is 8.42 Å². The summed E-state index contributed by atoms with van der Waals surface area (Å²) in [5.41, 5.74) is 0. The van der Waals surface area contributed by atoms with Gasteiger partial charge >= 0.3 is 0 Å². The van der Waals surface area contributed by atoms with Gasteiger partial charge in [0.2, 0.25) is 0 Å². The Morgan fingerprint density at radius 2 is 2.32 bits per heavy atom. The molecule has 7 heteroatoms. The molecular formula is C15H23N3O2S2. The summed E-state index contributed by atoms with van der Waals surface area (Å²) < 4.78 is 23.1. The van der Waals surface area contributed by atoms with Crippen molar-refractivity contribution in [2.45, 2.75) is 32.4 Å². The smallest absolute Gasteiger partial charge is 0.191 e. The fourth-order valence-corrected chi connectivity index (χ4v) is 5.17. The lowest BCUT2D eigenvalue weighted by molar-refractivity contribution is 0.565. The molecular weight excluding hydrogens is 318 g/mol. The first-order valence-corrected chi connectivity index (χ1v) is 10.5. The van der Waals surface area contributed by atoms with Crippen molar-refractivity contribution in [1.82, 2.24) is 10.6 Å². The molecule has 1 saturated carbocycles. The molecule has 3 rings (SSSR count). The van der Waals surface area contributed by atoms with Gasteiger partial charge in [0, 0.05) is 17.5 Å². The molecule has 1 saturated heterocycles. The minimum Gasteiger partial charge on any atom is -0.356 e. The summed E-state index contributed by atoms with van der Waals surface area (Å²) in [5, 5.41) is 8.83. The molecule has 1 aliphatic carbocycles. The topological polar surface area (TPSA) is 70.6 Å². The maximum Gasteiger partial charge on any atom is 0.191 e. The van der Waals surface area contributed by atoms with Crippen LogP contribution in [0.5, 0.6) is 0 Å². The van der Waals surface area contributed by atoms with Crippen LogP contribution in [0.15, 0.2) is 22.5 Å². The maximum absolute atomic E-state index is 11.5. The number of sulfone groups is 1. The molecule has 122 valence electrons. The van der Waals surface area contributed by atoms with Crippen LogP contribution in [0.4, 0.5) is 0 Å². The number of nitrogens with one attached hydrogen (secondary N) is 2. The van der Waals surface area contributed by atoms with Crippen molar-refractivity contribution in [1.29, 1.82) is 0 Å². The Bertz CT molecular complexity index is 625. The number of rotatable bonds is 5. The molecule has 22 heavy (non-hydrogen) atoms. The lowest BCUT2D eigenvalue weighted by Gasteiger charge is -2.15. The number of hydrogen-bond acceptors (Lipinski definition) is 4. The van der Waals surface area contributed by atoms with E-state index in [1.54, 1.807) is 11.3 Å². The zero-order chi connectivity index (χ0) is 15.6. The molecule has 0 radical (unpaired) electrons. The van der Waals surface area contributed by atoms with E-state index in [1.165, 1.54) is 11.3 Å². The van der Waals surface area contributed by atoms with Gasteiger partial charge in [-0.15, -0.1) is 11.3 Å². The zero-order valence-corrected chi connectivity index (χ0v) is 14.4. The number of nitrogens with zero attached hydrogens (tertiary/aromatic N) is 1. The molecule has 0 bridgehead atoms. The van der Waals surface area contributed by atoms with Gasteiger partial charge in [-0.05, 0) is 36.1 Å². The normalized spacial score (nSPS) is 30.2. The van der Waals surface area contributed by atoms with Crippen LogP contribution in [0.2, 0.25) is 0 Å². The van der Waals surface area contributed by atoms with Crippen molar-refractivity contribution in [3.05, 3.63) is 22.4 Å². The minimum atomic E-state index is -2.81. The van der Waals surface area contributed by atoms with Gasteiger partial charge in [-0.2, -0.15) is 0 Å². The van der Waals surface area contributed by atoms with E-state index >= 15 is 0 Å². The van der Waals surface area contributed by atoms with Gasteiger partial charge in [-0.3, -0.25) is 0 Å². The Hall–Kier alpha value is -1.08. The van der Waals surface area contributed by atoms with Gasteiger partial charge in [0.15, 0.2) is 15.8 Å². The van der Waals surface area contributed by atoms with Crippen LogP contribution in [-0.2, 0) is 16.4 Å². The number of guanidine groups is 1. The summed E-state index contributed by atoms with van der Waals surface area (Å²) in [6.07, 6.45) is 1.94. The highest BCUT2D eigenvalue weighted by molar-refractivity contribution is 7.91. The lowest BCUT2D eigenvalue weighted by atomic mass is 10.1. The van der Waals surface area contributed by atoms with Crippen LogP contribution in [0, 0.1) is 11.8 Å². The van der Waals surface area contributed by atoms with Gasteiger partial charge in [0.1, 0.15) is 0 Å². The van der Waals surface area contributed by atoms with Crippen molar-refractivity contribution in [3.8, 4) is 0 Å². The molecule has 0 amide bonds. The molecule has 0 spiro atoms.